The summed E-state index contributed by atoms with van der Waals surface area (Å²) in [6.07, 6.45) is 0. The maximum atomic E-state index is 5.59. The molecule has 0 spiro atoms. The van der Waals surface area contributed by atoms with Crippen molar-refractivity contribution in [2.45, 2.75) is 45.8 Å². The molecule has 3 nitrogen and oxygen atoms in total. The third-order valence-electron chi connectivity index (χ3n) is 3.69. The first-order chi connectivity index (χ1) is 9.40. The number of nitrogens with zero attached hydrogens (tertiary/aromatic N) is 1. The van der Waals surface area contributed by atoms with Gasteiger partial charge in [-0.15, -0.1) is 0 Å². The largest absolute Gasteiger partial charge is 0.377 e. The topological polar surface area (TPSA) is 24.5 Å². The lowest BCUT2D eigenvalue weighted by atomic mass is 10.0. The normalized spacial score (nSPS) is 18.6. The van der Waals surface area contributed by atoms with Crippen LogP contribution in [-0.2, 0) is 11.3 Å². The van der Waals surface area contributed by atoms with Gasteiger partial charge in [-0.25, -0.2) is 0 Å². The Labute approximate surface area is 130 Å². The van der Waals surface area contributed by atoms with Crippen LogP contribution in [0.15, 0.2) is 22.7 Å². The zero-order valence-electron chi connectivity index (χ0n) is 12.9. The Balaban J connectivity index is 2.15. The molecule has 4 heteroatoms. The fourth-order valence-electron chi connectivity index (χ4n) is 2.50. The molecule has 0 saturated carbocycles. The van der Waals surface area contributed by atoms with Crippen molar-refractivity contribution in [1.29, 1.82) is 0 Å². The second-order valence-corrected chi connectivity index (χ2v) is 7.18. The fraction of sp³-hybridized carbons (Fsp3) is 0.625. The van der Waals surface area contributed by atoms with Crippen LogP contribution in [0.5, 0.6) is 0 Å². The molecule has 1 heterocycles. The third kappa shape index (κ3) is 3.74. The summed E-state index contributed by atoms with van der Waals surface area (Å²) in [4.78, 5) is 2.43. The molecule has 1 aromatic rings. The average Bonchev–Trinajstić information content (AvgIpc) is 2.36. The molecule has 20 heavy (non-hydrogen) atoms. The third-order valence-corrected chi connectivity index (χ3v) is 4.43. The number of hydrogen-bond acceptors (Lipinski definition) is 3. The van der Waals surface area contributed by atoms with Crippen molar-refractivity contribution >= 4 is 21.6 Å². The van der Waals surface area contributed by atoms with Gasteiger partial charge in [-0.2, -0.15) is 0 Å². The zero-order chi connectivity index (χ0) is 14.8. The summed E-state index contributed by atoms with van der Waals surface area (Å²) < 4.78 is 6.76. The summed E-state index contributed by atoms with van der Waals surface area (Å²) >= 11 is 3.70. The molecule has 0 atom stereocenters. The lowest BCUT2D eigenvalue weighted by Crippen LogP contribution is -2.53. The second-order valence-electron chi connectivity index (χ2n) is 6.33. The number of nitrogens with one attached hydrogen (secondary N) is 1. The molecule has 0 bridgehead atoms. The smallest absolute Gasteiger partial charge is 0.0694 e. The number of benzene rings is 1. The minimum Gasteiger partial charge on any atom is -0.377 e. The van der Waals surface area contributed by atoms with Gasteiger partial charge in [-0.3, -0.25) is 0 Å². The van der Waals surface area contributed by atoms with E-state index in [2.05, 4.69) is 72.0 Å². The molecule has 1 aliphatic rings. The molecule has 1 saturated heterocycles. The molecule has 0 unspecified atom stereocenters. The van der Waals surface area contributed by atoms with Crippen LogP contribution in [0.4, 0.5) is 5.69 Å². The Bertz CT molecular complexity index is 460. The Morgan fingerprint density at radius 1 is 1.40 bits per heavy atom. The lowest BCUT2D eigenvalue weighted by Gasteiger charge is -2.44. The summed E-state index contributed by atoms with van der Waals surface area (Å²) in [6, 6.07) is 7.15. The first-order valence-corrected chi connectivity index (χ1v) is 8.06. The van der Waals surface area contributed by atoms with Crippen LogP contribution in [0.1, 0.15) is 33.3 Å². The van der Waals surface area contributed by atoms with Gasteiger partial charge in [0.05, 0.1) is 18.8 Å². The van der Waals surface area contributed by atoms with Crippen molar-refractivity contribution in [1.82, 2.24) is 5.32 Å². The van der Waals surface area contributed by atoms with E-state index in [9.17, 15) is 0 Å². The van der Waals surface area contributed by atoms with Crippen LogP contribution in [0.2, 0.25) is 0 Å². The van der Waals surface area contributed by atoms with Gasteiger partial charge in [0.15, 0.2) is 0 Å². The minimum absolute atomic E-state index is 0.0510. The van der Waals surface area contributed by atoms with E-state index in [1.54, 1.807) is 0 Å². The molecule has 0 aliphatic carbocycles. The number of morpholine rings is 1. The molecule has 1 aliphatic heterocycles. The van der Waals surface area contributed by atoms with Crippen molar-refractivity contribution < 1.29 is 4.74 Å². The quantitative estimate of drug-likeness (QED) is 0.906. The van der Waals surface area contributed by atoms with Crippen LogP contribution in [0.3, 0.4) is 0 Å². The van der Waals surface area contributed by atoms with E-state index < -0.39 is 0 Å². The maximum Gasteiger partial charge on any atom is 0.0694 e. The van der Waals surface area contributed by atoms with E-state index in [4.69, 9.17) is 4.74 Å². The lowest BCUT2D eigenvalue weighted by molar-refractivity contribution is 0.0644. The average molecular weight is 341 g/mol. The number of rotatable bonds is 4. The highest BCUT2D eigenvalue weighted by Crippen LogP contribution is 2.30. The SMILES string of the molecule is CC(C)NCc1ccc(N2CCOCC2(C)C)cc1Br. The Hall–Kier alpha value is -0.580. The van der Waals surface area contributed by atoms with Crippen LogP contribution in [-0.4, -0.2) is 31.3 Å². The molecule has 1 aromatic carbocycles. The molecule has 112 valence electrons. The van der Waals surface area contributed by atoms with Gasteiger partial charge in [-0.05, 0) is 31.5 Å². The molecule has 1 N–H and O–H groups in total. The molecule has 2 rings (SSSR count). The summed E-state index contributed by atoms with van der Waals surface area (Å²) in [5.74, 6) is 0. The summed E-state index contributed by atoms with van der Waals surface area (Å²) in [5, 5.41) is 3.45. The molecule has 0 radical (unpaired) electrons. The Morgan fingerprint density at radius 2 is 2.15 bits per heavy atom. The van der Waals surface area contributed by atoms with E-state index in [-0.39, 0.29) is 5.54 Å². The summed E-state index contributed by atoms with van der Waals surface area (Å²) in [5.41, 5.74) is 2.61. The van der Waals surface area contributed by atoms with Crippen LogP contribution in [0.25, 0.3) is 0 Å². The van der Waals surface area contributed by atoms with Gasteiger partial charge in [0, 0.05) is 29.3 Å². The van der Waals surface area contributed by atoms with Crippen molar-refractivity contribution in [3.05, 3.63) is 28.2 Å². The fourth-order valence-corrected chi connectivity index (χ4v) is 3.01. The van der Waals surface area contributed by atoms with Gasteiger partial charge >= 0.3 is 0 Å². The van der Waals surface area contributed by atoms with Gasteiger partial charge in [0.2, 0.25) is 0 Å². The number of hydrogen-bond donors (Lipinski definition) is 1. The van der Waals surface area contributed by atoms with Crippen molar-refractivity contribution in [3.63, 3.8) is 0 Å². The molecule has 1 fully saturated rings. The van der Waals surface area contributed by atoms with Gasteiger partial charge < -0.3 is 15.0 Å². The van der Waals surface area contributed by atoms with E-state index in [0.29, 0.717) is 6.04 Å². The first-order valence-electron chi connectivity index (χ1n) is 7.27. The van der Waals surface area contributed by atoms with Gasteiger partial charge in [0.25, 0.3) is 0 Å². The van der Waals surface area contributed by atoms with E-state index >= 15 is 0 Å². The van der Waals surface area contributed by atoms with Gasteiger partial charge in [0.1, 0.15) is 0 Å². The standard InChI is InChI=1S/C16H25BrN2O/c1-12(2)18-10-13-5-6-14(9-15(13)17)19-7-8-20-11-16(19,3)4/h5-6,9,12,18H,7-8,10-11H2,1-4H3. The first kappa shape index (κ1) is 15.8. The Morgan fingerprint density at radius 3 is 2.75 bits per heavy atom. The maximum absolute atomic E-state index is 5.59. The molecule has 0 aromatic heterocycles. The number of anilines is 1. The highest BCUT2D eigenvalue weighted by atomic mass is 79.9. The summed E-state index contributed by atoms with van der Waals surface area (Å²) in [6.45, 7) is 12.2. The van der Waals surface area contributed by atoms with Crippen molar-refractivity contribution in [2.75, 3.05) is 24.7 Å². The van der Waals surface area contributed by atoms with E-state index in [0.717, 1.165) is 26.3 Å². The zero-order valence-corrected chi connectivity index (χ0v) is 14.5. The second kappa shape index (κ2) is 6.46. The minimum atomic E-state index is 0.0510. The number of halogens is 1. The predicted molar refractivity (Wildman–Crippen MR) is 88.4 cm³/mol. The highest BCUT2D eigenvalue weighted by Gasteiger charge is 2.30. The van der Waals surface area contributed by atoms with Crippen molar-refractivity contribution in [2.24, 2.45) is 0 Å². The van der Waals surface area contributed by atoms with Gasteiger partial charge in [-0.1, -0.05) is 35.8 Å². The van der Waals surface area contributed by atoms with Crippen molar-refractivity contribution in [3.8, 4) is 0 Å². The predicted octanol–water partition coefficient (Wildman–Crippen LogP) is 3.56. The van der Waals surface area contributed by atoms with E-state index in [1.807, 2.05) is 0 Å². The van der Waals surface area contributed by atoms with Crippen LogP contribution >= 0.6 is 15.9 Å². The molecular weight excluding hydrogens is 316 g/mol. The number of ether oxygens (including phenoxy) is 1. The Kier molecular flexibility index (Phi) is 5.10. The summed E-state index contributed by atoms with van der Waals surface area (Å²) in [7, 11) is 0. The van der Waals surface area contributed by atoms with Crippen LogP contribution in [0, 0.1) is 0 Å². The monoisotopic (exact) mass is 340 g/mol. The molecular formula is C16H25BrN2O. The van der Waals surface area contributed by atoms with Crippen LogP contribution < -0.4 is 10.2 Å². The highest BCUT2D eigenvalue weighted by molar-refractivity contribution is 9.10. The molecule has 0 amide bonds. The van der Waals surface area contributed by atoms with E-state index in [1.165, 1.54) is 15.7 Å².